The lowest BCUT2D eigenvalue weighted by atomic mass is 9.94. The zero-order valence-corrected chi connectivity index (χ0v) is 12.5. The molecule has 1 aliphatic rings. The van der Waals surface area contributed by atoms with Crippen LogP contribution in [0.5, 0.6) is 0 Å². The van der Waals surface area contributed by atoms with E-state index in [9.17, 15) is 8.42 Å². The van der Waals surface area contributed by atoms with Crippen molar-refractivity contribution in [1.82, 2.24) is 5.32 Å². The molecule has 0 saturated heterocycles. The Kier molecular flexibility index (Phi) is 4.63. The number of sulfone groups is 1. The van der Waals surface area contributed by atoms with Crippen LogP contribution in [0.1, 0.15) is 43.7 Å². The van der Waals surface area contributed by atoms with Gasteiger partial charge in [0.1, 0.15) is 0 Å². The van der Waals surface area contributed by atoms with E-state index in [0.29, 0.717) is 10.9 Å². The summed E-state index contributed by atoms with van der Waals surface area (Å²) in [6.45, 7) is 0. The Balaban J connectivity index is 2.10. The van der Waals surface area contributed by atoms with Crippen molar-refractivity contribution in [2.45, 2.75) is 43.0 Å². The normalized spacial score (nSPS) is 18.6. The van der Waals surface area contributed by atoms with Crippen LogP contribution in [0.15, 0.2) is 29.2 Å². The van der Waals surface area contributed by atoms with Crippen LogP contribution in [0.2, 0.25) is 0 Å². The van der Waals surface area contributed by atoms with Crippen LogP contribution in [0.25, 0.3) is 0 Å². The molecule has 1 aromatic carbocycles. The Bertz CT molecular complexity index is 501. The first-order valence-corrected chi connectivity index (χ1v) is 8.87. The highest BCUT2D eigenvalue weighted by Gasteiger charge is 2.20. The van der Waals surface area contributed by atoms with Crippen molar-refractivity contribution >= 4 is 9.84 Å². The molecule has 0 bridgehead atoms. The lowest BCUT2D eigenvalue weighted by Crippen LogP contribution is -2.19. The predicted octanol–water partition coefficient (Wildman–Crippen LogP) is 2.93. The van der Waals surface area contributed by atoms with Crippen molar-refractivity contribution in [2.24, 2.45) is 5.92 Å². The maximum atomic E-state index is 11.4. The zero-order valence-electron chi connectivity index (χ0n) is 11.7. The fourth-order valence-electron chi connectivity index (χ4n) is 2.95. The van der Waals surface area contributed by atoms with E-state index < -0.39 is 9.84 Å². The van der Waals surface area contributed by atoms with Gasteiger partial charge in [0.2, 0.25) is 0 Å². The zero-order chi connectivity index (χ0) is 13.9. The molecule has 2 rings (SSSR count). The largest absolute Gasteiger partial charge is 0.313 e. The lowest BCUT2D eigenvalue weighted by Gasteiger charge is -2.20. The molecule has 0 spiro atoms. The summed E-state index contributed by atoms with van der Waals surface area (Å²) < 4.78 is 22.9. The van der Waals surface area contributed by atoms with Crippen LogP contribution in [-0.4, -0.2) is 21.7 Å². The van der Waals surface area contributed by atoms with Gasteiger partial charge >= 0.3 is 0 Å². The quantitative estimate of drug-likeness (QED) is 0.902. The van der Waals surface area contributed by atoms with Gasteiger partial charge in [0, 0.05) is 12.3 Å². The number of hydrogen-bond donors (Lipinski definition) is 1. The molecule has 3 nitrogen and oxygen atoms in total. The summed E-state index contributed by atoms with van der Waals surface area (Å²) in [5.74, 6) is 0.812. The average Bonchev–Trinajstić information content (AvgIpc) is 2.88. The summed E-state index contributed by atoms with van der Waals surface area (Å²) in [5.41, 5.74) is 1.18. The molecule has 1 unspecified atom stereocenters. The molecule has 0 radical (unpaired) electrons. The van der Waals surface area contributed by atoms with Gasteiger partial charge in [-0.1, -0.05) is 37.8 Å². The molecule has 1 N–H and O–H groups in total. The van der Waals surface area contributed by atoms with Gasteiger partial charge in [0.25, 0.3) is 0 Å². The Hall–Kier alpha value is -0.870. The lowest BCUT2D eigenvalue weighted by molar-refractivity contribution is 0.413. The van der Waals surface area contributed by atoms with Crippen LogP contribution >= 0.6 is 0 Å². The third-order valence-corrected chi connectivity index (χ3v) is 5.23. The van der Waals surface area contributed by atoms with E-state index in [2.05, 4.69) is 5.32 Å². The maximum absolute atomic E-state index is 11.4. The average molecular weight is 281 g/mol. The summed E-state index contributed by atoms with van der Waals surface area (Å²) >= 11 is 0. The first-order valence-electron chi connectivity index (χ1n) is 6.98. The summed E-state index contributed by atoms with van der Waals surface area (Å²) in [6, 6.07) is 7.63. The topological polar surface area (TPSA) is 46.2 Å². The minimum atomic E-state index is -3.09. The van der Waals surface area contributed by atoms with Gasteiger partial charge < -0.3 is 5.32 Å². The molecule has 0 heterocycles. The van der Waals surface area contributed by atoms with E-state index in [1.165, 1.54) is 37.5 Å². The molecular formula is C15H23NO2S. The van der Waals surface area contributed by atoms with Crippen molar-refractivity contribution in [3.63, 3.8) is 0 Å². The fraction of sp³-hybridized carbons (Fsp3) is 0.600. The third kappa shape index (κ3) is 3.80. The van der Waals surface area contributed by atoms with Gasteiger partial charge in [-0.25, -0.2) is 8.42 Å². The molecule has 1 aliphatic carbocycles. The molecule has 1 fully saturated rings. The minimum Gasteiger partial charge on any atom is -0.313 e. The molecule has 0 aromatic heterocycles. The molecule has 19 heavy (non-hydrogen) atoms. The van der Waals surface area contributed by atoms with E-state index in [1.807, 2.05) is 19.2 Å². The highest BCUT2D eigenvalue weighted by Crippen LogP contribution is 2.33. The Morgan fingerprint density at radius 1 is 1.21 bits per heavy atom. The Morgan fingerprint density at radius 2 is 1.79 bits per heavy atom. The second kappa shape index (κ2) is 6.06. The van der Waals surface area contributed by atoms with E-state index >= 15 is 0 Å². The maximum Gasteiger partial charge on any atom is 0.175 e. The van der Waals surface area contributed by atoms with E-state index in [-0.39, 0.29) is 0 Å². The summed E-state index contributed by atoms with van der Waals surface area (Å²) in [6.07, 6.45) is 7.77. The molecule has 0 amide bonds. The van der Waals surface area contributed by atoms with Crippen LogP contribution < -0.4 is 5.32 Å². The molecule has 1 saturated carbocycles. The van der Waals surface area contributed by atoms with Crippen molar-refractivity contribution in [3.8, 4) is 0 Å². The third-order valence-electron chi connectivity index (χ3n) is 4.10. The van der Waals surface area contributed by atoms with E-state index in [1.54, 1.807) is 12.1 Å². The fourth-order valence-corrected chi connectivity index (χ4v) is 3.58. The molecule has 106 valence electrons. The van der Waals surface area contributed by atoms with E-state index in [4.69, 9.17) is 0 Å². The number of benzene rings is 1. The van der Waals surface area contributed by atoms with Crippen molar-refractivity contribution in [1.29, 1.82) is 0 Å². The number of nitrogens with one attached hydrogen (secondary N) is 1. The van der Waals surface area contributed by atoms with Gasteiger partial charge in [-0.2, -0.15) is 0 Å². The van der Waals surface area contributed by atoms with Gasteiger partial charge in [0.05, 0.1) is 4.90 Å². The molecular weight excluding hydrogens is 258 g/mol. The van der Waals surface area contributed by atoms with Crippen molar-refractivity contribution in [2.75, 3.05) is 13.3 Å². The Morgan fingerprint density at radius 3 is 2.26 bits per heavy atom. The van der Waals surface area contributed by atoms with Crippen molar-refractivity contribution in [3.05, 3.63) is 29.8 Å². The standard InChI is InChI=1S/C15H23NO2S/c1-16-15(11-12-5-3-4-6-12)13-7-9-14(10-8-13)19(2,17)18/h7-10,12,15-16H,3-6,11H2,1-2H3. The number of hydrogen-bond acceptors (Lipinski definition) is 3. The minimum absolute atomic E-state index is 0.330. The van der Waals surface area contributed by atoms with Gasteiger partial charge in [-0.05, 0) is 37.1 Å². The molecule has 0 aliphatic heterocycles. The van der Waals surface area contributed by atoms with Crippen LogP contribution in [0.3, 0.4) is 0 Å². The smallest absolute Gasteiger partial charge is 0.175 e. The summed E-state index contributed by atoms with van der Waals surface area (Å²) in [5, 5.41) is 3.35. The first-order chi connectivity index (χ1) is 9.00. The van der Waals surface area contributed by atoms with E-state index in [0.717, 1.165) is 12.3 Å². The highest BCUT2D eigenvalue weighted by molar-refractivity contribution is 7.90. The molecule has 4 heteroatoms. The Labute approximate surface area is 116 Å². The SMILES string of the molecule is CNC(CC1CCCC1)c1ccc(S(C)(=O)=O)cc1. The van der Waals surface area contributed by atoms with Gasteiger partial charge in [-0.3, -0.25) is 0 Å². The second-order valence-corrected chi connectivity index (χ2v) is 7.58. The highest BCUT2D eigenvalue weighted by atomic mass is 32.2. The second-order valence-electron chi connectivity index (χ2n) is 5.57. The van der Waals surface area contributed by atoms with Gasteiger partial charge in [0.15, 0.2) is 9.84 Å². The van der Waals surface area contributed by atoms with Crippen LogP contribution in [-0.2, 0) is 9.84 Å². The summed E-state index contributed by atoms with van der Waals surface area (Å²) in [4.78, 5) is 0.395. The predicted molar refractivity (Wildman–Crippen MR) is 77.9 cm³/mol. The van der Waals surface area contributed by atoms with Crippen LogP contribution in [0, 0.1) is 5.92 Å². The van der Waals surface area contributed by atoms with Crippen molar-refractivity contribution < 1.29 is 8.42 Å². The monoisotopic (exact) mass is 281 g/mol. The molecule has 1 atom stereocenters. The summed E-state index contributed by atoms with van der Waals surface area (Å²) in [7, 11) is -1.12. The number of rotatable bonds is 5. The molecule has 1 aromatic rings. The van der Waals surface area contributed by atoms with Crippen LogP contribution in [0.4, 0.5) is 0 Å². The first kappa shape index (κ1) is 14.5. The van der Waals surface area contributed by atoms with Gasteiger partial charge in [-0.15, -0.1) is 0 Å².